The molecule has 0 aromatic heterocycles. The molecule has 0 atom stereocenters. The summed E-state index contributed by atoms with van der Waals surface area (Å²) in [4.78, 5) is 0. The van der Waals surface area contributed by atoms with Gasteiger partial charge in [0.1, 0.15) is 5.82 Å². The van der Waals surface area contributed by atoms with Crippen molar-refractivity contribution in [2.24, 2.45) is 0 Å². The first-order valence-electron chi connectivity index (χ1n) is 3.81. The van der Waals surface area contributed by atoms with Gasteiger partial charge in [-0.15, -0.1) is 0 Å². The minimum absolute atomic E-state index is 0.275. The highest BCUT2D eigenvalue weighted by molar-refractivity contribution is 9.10. The Morgan fingerprint density at radius 3 is 2.69 bits per heavy atom. The fourth-order valence-electron chi connectivity index (χ4n) is 1.32. The van der Waals surface area contributed by atoms with Crippen LogP contribution in [0.2, 0.25) is 0 Å². The van der Waals surface area contributed by atoms with E-state index in [0.717, 1.165) is 9.86 Å². The molecule has 0 fully saturated rings. The number of anilines is 1. The van der Waals surface area contributed by atoms with Crippen molar-refractivity contribution in [3.8, 4) is 0 Å². The highest BCUT2D eigenvalue weighted by Gasteiger charge is 2.01. The van der Waals surface area contributed by atoms with Gasteiger partial charge in [0.2, 0.25) is 0 Å². The molecule has 0 aliphatic rings. The Morgan fingerprint density at radius 1 is 1.15 bits per heavy atom. The van der Waals surface area contributed by atoms with Crippen molar-refractivity contribution >= 4 is 32.4 Å². The van der Waals surface area contributed by atoms with Gasteiger partial charge in [0.15, 0.2) is 0 Å². The topological polar surface area (TPSA) is 26.0 Å². The highest BCUT2D eigenvalue weighted by Crippen LogP contribution is 2.24. The van der Waals surface area contributed by atoms with E-state index in [4.69, 9.17) is 5.73 Å². The Hall–Kier alpha value is -1.09. The molecule has 0 radical (unpaired) electrons. The van der Waals surface area contributed by atoms with Crippen LogP contribution >= 0.6 is 15.9 Å². The van der Waals surface area contributed by atoms with Crippen LogP contribution in [0.15, 0.2) is 34.8 Å². The normalized spacial score (nSPS) is 10.6. The maximum atomic E-state index is 13.3. The summed E-state index contributed by atoms with van der Waals surface area (Å²) < 4.78 is 14.2. The van der Waals surface area contributed by atoms with Crippen LogP contribution < -0.4 is 5.73 Å². The molecule has 0 heterocycles. The number of hydrogen-bond donors (Lipinski definition) is 1. The Kier molecular flexibility index (Phi) is 1.96. The lowest BCUT2D eigenvalue weighted by molar-refractivity contribution is 0.640. The molecule has 2 aromatic rings. The second kappa shape index (κ2) is 3.00. The molecule has 2 rings (SSSR count). The van der Waals surface area contributed by atoms with Gasteiger partial charge in [-0.2, -0.15) is 0 Å². The summed E-state index contributed by atoms with van der Waals surface area (Å²) in [5, 5.41) is 1.41. The van der Waals surface area contributed by atoms with Crippen LogP contribution in [0.4, 0.5) is 10.1 Å². The third-order valence-corrected chi connectivity index (χ3v) is 2.38. The molecule has 0 aliphatic carbocycles. The van der Waals surface area contributed by atoms with E-state index in [0.29, 0.717) is 11.1 Å². The summed E-state index contributed by atoms with van der Waals surface area (Å²) in [6, 6.07) is 8.46. The molecule has 0 saturated heterocycles. The predicted molar refractivity (Wildman–Crippen MR) is 56.0 cm³/mol. The van der Waals surface area contributed by atoms with Crippen LogP contribution in [-0.2, 0) is 0 Å². The van der Waals surface area contributed by atoms with Crippen LogP contribution in [-0.4, -0.2) is 0 Å². The maximum absolute atomic E-state index is 13.3. The van der Waals surface area contributed by atoms with E-state index in [2.05, 4.69) is 15.9 Å². The van der Waals surface area contributed by atoms with E-state index < -0.39 is 0 Å². The zero-order valence-corrected chi connectivity index (χ0v) is 8.31. The molecule has 0 bridgehead atoms. The van der Waals surface area contributed by atoms with Crippen LogP contribution in [0, 0.1) is 5.82 Å². The molecule has 1 nitrogen and oxygen atoms in total. The molecule has 0 unspecified atom stereocenters. The summed E-state index contributed by atoms with van der Waals surface area (Å²) in [5.74, 6) is -0.275. The van der Waals surface area contributed by atoms with Crippen LogP contribution in [0.25, 0.3) is 10.8 Å². The van der Waals surface area contributed by atoms with Crippen molar-refractivity contribution in [2.45, 2.75) is 0 Å². The molecule has 2 N–H and O–H groups in total. The Balaban J connectivity index is 2.86. The van der Waals surface area contributed by atoms with Gasteiger partial charge in [0.25, 0.3) is 0 Å². The molecule has 13 heavy (non-hydrogen) atoms. The van der Waals surface area contributed by atoms with E-state index in [1.54, 1.807) is 12.1 Å². The summed E-state index contributed by atoms with van der Waals surface area (Å²) in [5.41, 5.74) is 5.97. The van der Waals surface area contributed by atoms with Gasteiger partial charge in [-0.25, -0.2) is 4.39 Å². The summed E-state index contributed by atoms with van der Waals surface area (Å²) in [6.45, 7) is 0. The van der Waals surface area contributed by atoms with Gasteiger partial charge in [-0.1, -0.05) is 22.0 Å². The largest absolute Gasteiger partial charge is 0.399 e. The number of nitrogen functional groups attached to an aromatic ring is 1. The Morgan fingerprint density at radius 2 is 1.92 bits per heavy atom. The van der Waals surface area contributed by atoms with Crippen LogP contribution in [0.3, 0.4) is 0 Å². The van der Waals surface area contributed by atoms with Gasteiger partial charge < -0.3 is 5.73 Å². The van der Waals surface area contributed by atoms with Crippen molar-refractivity contribution in [3.63, 3.8) is 0 Å². The van der Waals surface area contributed by atoms with Crippen molar-refractivity contribution in [1.82, 2.24) is 0 Å². The number of fused-ring (bicyclic) bond motifs is 1. The van der Waals surface area contributed by atoms with Gasteiger partial charge >= 0.3 is 0 Å². The van der Waals surface area contributed by atoms with Crippen molar-refractivity contribution in [2.75, 3.05) is 5.73 Å². The zero-order valence-electron chi connectivity index (χ0n) is 6.72. The lowest BCUT2D eigenvalue weighted by Gasteiger charge is -2.01. The van der Waals surface area contributed by atoms with Crippen LogP contribution in [0.1, 0.15) is 0 Å². The standard InChI is InChI=1S/C10H7BrFN/c11-7-1-2-9-6(3-7)4-8(13)5-10(9)12/h1-5H,13H2. The van der Waals surface area contributed by atoms with Crippen molar-refractivity contribution in [3.05, 3.63) is 40.6 Å². The number of rotatable bonds is 0. The average Bonchev–Trinajstić information content (AvgIpc) is 2.02. The predicted octanol–water partition coefficient (Wildman–Crippen LogP) is 3.32. The quantitative estimate of drug-likeness (QED) is 0.702. The van der Waals surface area contributed by atoms with Gasteiger partial charge in [0.05, 0.1) is 0 Å². The first kappa shape index (κ1) is 8.51. The van der Waals surface area contributed by atoms with Gasteiger partial charge in [-0.05, 0) is 29.7 Å². The first-order chi connectivity index (χ1) is 6.16. The summed E-state index contributed by atoms with van der Waals surface area (Å²) in [6.07, 6.45) is 0. The van der Waals surface area contributed by atoms with E-state index in [-0.39, 0.29) is 5.82 Å². The minimum atomic E-state index is -0.275. The SMILES string of the molecule is Nc1cc(F)c2ccc(Br)cc2c1. The lowest BCUT2D eigenvalue weighted by atomic mass is 10.1. The summed E-state index contributed by atoms with van der Waals surface area (Å²) in [7, 11) is 0. The number of nitrogens with two attached hydrogens (primary N) is 1. The van der Waals surface area contributed by atoms with E-state index in [9.17, 15) is 4.39 Å². The molecular formula is C10H7BrFN. The Bertz CT molecular complexity index is 462. The van der Waals surface area contributed by atoms with Crippen molar-refractivity contribution in [1.29, 1.82) is 0 Å². The molecule has 0 aliphatic heterocycles. The second-order valence-corrected chi connectivity index (χ2v) is 3.78. The number of benzene rings is 2. The molecule has 0 spiro atoms. The second-order valence-electron chi connectivity index (χ2n) is 2.87. The molecule has 0 amide bonds. The van der Waals surface area contributed by atoms with Crippen LogP contribution in [0.5, 0.6) is 0 Å². The number of hydrogen-bond acceptors (Lipinski definition) is 1. The minimum Gasteiger partial charge on any atom is -0.399 e. The van der Waals surface area contributed by atoms with E-state index in [1.807, 2.05) is 12.1 Å². The third-order valence-electron chi connectivity index (χ3n) is 1.89. The van der Waals surface area contributed by atoms with Gasteiger partial charge in [0, 0.05) is 15.5 Å². The van der Waals surface area contributed by atoms with E-state index in [1.165, 1.54) is 6.07 Å². The average molecular weight is 240 g/mol. The zero-order chi connectivity index (χ0) is 9.42. The highest BCUT2D eigenvalue weighted by atomic mass is 79.9. The summed E-state index contributed by atoms with van der Waals surface area (Å²) >= 11 is 3.32. The van der Waals surface area contributed by atoms with Gasteiger partial charge in [-0.3, -0.25) is 0 Å². The molecule has 2 aromatic carbocycles. The molecular weight excluding hydrogens is 233 g/mol. The fourth-order valence-corrected chi connectivity index (χ4v) is 1.69. The Labute approximate surface area is 83.5 Å². The fraction of sp³-hybridized carbons (Fsp3) is 0. The molecule has 66 valence electrons. The maximum Gasteiger partial charge on any atom is 0.133 e. The molecule has 3 heteroatoms. The first-order valence-corrected chi connectivity index (χ1v) is 4.60. The monoisotopic (exact) mass is 239 g/mol. The third kappa shape index (κ3) is 1.52. The number of halogens is 2. The molecule has 0 saturated carbocycles. The smallest absolute Gasteiger partial charge is 0.133 e. The lowest BCUT2D eigenvalue weighted by Crippen LogP contribution is -1.87. The van der Waals surface area contributed by atoms with E-state index >= 15 is 0 Å². The van der Waals surface area contributed by atoms with Crippen molar-refractivity contribution < 1.29 is 4.39 Å².